The summed E-state index contributed by atoms with van der Waals surface area (Å²) < 4.78 is 11.8. The first-order valence-corrected chi connectivity index (χ1v) is 10.1. The molecule has 0 heterocycles. The molecule has 0 saturated heterocycles. The quantitative estimate of drug-likeness (QED) is 0.435. The minimum absolute atomic E-state index is 0.0192. The molecule has 3 aromatic carbocycles. The molecule has 150 valence electrons. The highest BCUT2D eigenvalue weighted by Crippen LogP contribution is 2.45. The third-order valence-corrected chi connectivity index (χ3v) is 5.20. The normalized spacial score (nSPS) is 10.1. The van der Waals surface area contributed by atoms with Crippen LogP contribution in [0.3, 0.4) is 0 Å². The summed E-state index contributed by atoms with van der Waals surface area (Å²) in [6.07, 6.45) is 1.28. The van der Waals surface area contributed by atoms with Crippen molar-refractivity contribution in [2.45, 2.75) is 12.8 Å². The number of benzene rings is 3. The molecule has 30 heavy (non-hydrogen) atoms. The molecule has 0 saturated carbocycles. The van der Waals surface area contributed by atoms with Gasteiger partial charge in [0, 0.05) is 12.8 Å². The van der Waals surface area contributed by atoms with Crippen LogP contribution in [0.25, 0.3) is 0 Å². The molecule has 0 aliphatic rings. The zero-order valence-electron chi connectivity index (χ0n) is 16.1. The Hall–Kier alpha value is -3.18. The third-order valence-electron chi connectivity index (χ3n) is 4.48. The van der Waals surface area contributed by atoms with Crippen LogP contribution in [0.5, 0.6) is 11.5 Å². The topological polar surface area (TPSA) is 66.0 Å². The summed E-state index contributed by atoms with van der Waals surface area (Å²) in [5.74, 6) is 0.363. The fourth-order valence-corrected chi connectivity index (χ4v) is 3.50. The van der Waals surface area contributed by atoms with Gasteiger partial charge in [-0.1, -0.05) is 83.9 Å². The van der Waals surface area contributed by atoms with Gasteiger partial charge in [-0.05, 0) is 11.1 Å². The number of hydrogen-bond acceptors (Lipinski definition) is 4. The molecule has 0 aromatic heterocycles. The largest absolute Gasteiger partial charge is 0.488 e. The van der Waals surface area contributed by atoms with Gasteiger partial charge in [-0.25, -0.2) is 0 Å². The van der Waals surface area contributed by atoms with Gasteiger partial charge < -0.3 is 9.47 Å². The fourth-order valence-electron chi connectivity index (χ4n) is 2.94. The molecule has 0 radical (unpaired) electrons. The second-order valence-electron chi connectivity index (χ2n) is 6.43. The molecule has 0 amide bonds. The van der Waals surface area contributed by atoms with E-state index in [9.17, 15) is 10.5 Å². The van der Waals surface area contributed by atoms with E-state index >= 15 is 0 Å². The Balaban J connectivity index is 1.85. The van der Waals surface area contributed by atoms with Crippen LogP contribution in [-0.2, 0) is 12.8 Å². The number of nitriles is 2. The van der Waals surface area contributed by atoms with Crippen LogP contribution in [0.1, 0.15) is 22.3 Å². The Morgan fingerprint density at radius 3 is 1.33 bits per heavy atom. The fraction of sp³-hybridized carbons (Fsp3) is 0.167. The van der Waals surface area contributed by atoms with Crippen molar-refractivity contribution in [2.24, 2.45) is 0 Å². The van der Waals surface area contributed by atoms with Crippen LogP contribution >= 0.6 is 23.2 Å². The van der Waals surface area contributed by atoms with E-state index in [0.29, 0.717) is 26.1 Å². The zero-order valence-corrected chi connectivity index (χ0v) is 17.6. The van der Waals surface area contributed by atoms with Gasteiger partial charge in [0.2, 0.25) is 0 Å². The summed E-state index contributed by atoms with van der Waals surface area (Å²) in [6.45, 7) is 0.623. The average molecular weight is 437 g/mol. The first-order valence-electron chi connectivity index (χ1n) is 9.34. The first-order chi connectivity index (χ1) is 14.7. The standard InChI is InChI=1S/C24H18Cl2N2O2/c25-21-19(15-27)20(16-28)22(26)24(30-14-12-18-9-5-2-6-10-18)23(21)29-13-11-17-7-3-1-4-8-17/h1-10H,11-14H2. The molecule has 0 bridgehead atoms. The zero-order chi connectivity index (χ0) is 21.3. The maximum Gasteiger partial charge on any atom is 0.182 e. The molecule has 3 aromatic rings. The van der Waals surface area contributed by atoms with E-state index in [2.05, 4.69) is 0 Å². The second-order valence-corrected chi connectivity index (χ2v) is 7.18. The van der Waals surface area contributed by atoms with Gasteiger partial charge in [-0.2, -0.15) is 10.5 Å². The summed E-state index contributed by atoms with van der Waals surface area (Å²) in [7, 11) is 0. The monoisotopic (exact) mass is 436 g/mol. The van der Waals surface area contributed by atoms with Crippen LogP contribution in [0, 0.1) is 22.7 Å². The van der Waals surface area contributed by atoms with Crippen LogP contribution in [0.4, 0.5) is 0 Å². The van der Waals surface area contributed by atoms with Crippen molar-refractivity contribution in [3.05, 3.63) is 93.0 Å². The third kappa shape index (κ3) is 5.05. The van der Waals surface area contributed by atoms with E-state index in [-0.39, 0.29) is 32.7 Å². The Bertz CT molecular complexity index is 1000. The highest BCUT2D eigenvalue weighted by molar-refractivity contribution is 6.37. The predicted molar refractivity (Wildman–Crippen MR) is 117 cm³/mol. The lowest BCUT2D eigenvalue weighted by atomic mass is 10.1. The van der Waals surface area contributed by atoms with Gasteiger partial charge in [0.25, 0.3) is 0 Å². The lowest BCUT2D eigenvalue weighted by molar-refractivity contribution is 0.272. The molecule has 0 aliphatic heterocycles. The van der Waals surface area contributed by atoms with Crippen molar-refractivity contribution in [3.8, 4) is 23.6 Å². The van der Waals surface area contributed by atoms with Crippen molar-refractivity contribution < 1.29 is 9.47 Å². The molecular weight excluding hydrogens is 419 g/mol. The molecule has 0 N–H and O–H groups in total. The summed E-state index contributed by atoms with van der Waals surface area (Å²) >= 11 is 12.8. The molecule has 6 heteroatoms. The Morgan fingerprint density at radius 1 is 0.633 bits per heavy atom. The predicted octanol–water partition coefficient (Wildman–Crippen LogP) is 5.98. The highest BCUT2D eigenvalue weighted by atomic mass is 35.5. The van der Waals surface area contributed by atoms with Gasteiger partial charge in [0.15, 0.2) is 11.5 Å². The van der Waals surface area contributed by atoms with Crippen LogP contribution in [0.2, 0.25) is 10.0 Å². The SMILES string of the molecule is N#Cc1c(Cl)c(OCCc2ccccc2)c(OCCc2ccccc2)c(Cl)c1C#N. The second kappa shape index (κ2) is 10.6. The van der Waals surface area contributed by atoms with E-state index in [1.807, 2.05) is 72.8 Å². The van der Waals surface area contributed by atoms with Crippen LogP contribution < -0.4 is 9.47 Å². The summed E-state index contributed by atoms with van der Waals surface area (Å²) in [5.41, 5.74) is 2.16. The summed E-state index contributed by atoms with van der Waals surface area (Å²) in [4.78, 5) is 0. The molecule has 4 nitrogen and oxygen atoms in total. The Labute approximate surface area is 185 Å². The minimum Gasteiger partial charge on any atom is -0.488 e. The number of rotatable bonds is 8. The van der Waals surface area contributed by atoms with Gasteiger partial charge >= 0.3 is 0 Å². The van der Waals surface area contributed by atoms with Crippen molar-refractivity contribution >= 4 is 23.2 Å². The van der Waals surface area contributed by atoms with E-state index < -0.39 is 0 Å². The Kier molecular flexibility index (Phi) is 7.57. The van der Waals surface area contributed by atoms with Gasteiger partial charge in [-0.3, -0.25) is 0 Å². The van der Waals surface area contributed by atoms with Crippen LogP contribution in [-0.4, -0.2) is 13.2 Å². The number of ether oxygens (including phenoxy) is 2. The smallest absolute Gasteiger partial charge is 0.182 e. The number of hydrogen-bond donors (Lipinski definition) is 0. The van der Waals surface area contributed by atoms with E-state index in [4.69, 9.17) is 32.7 Å². The van der Waals surface area contributed by atoms with Crippen LogP contribution in [0.15, 0.2) is 60.7 Å². The molecule has 0 atom stereocenters. The average Bonchev–Trinajstić information content (AvgIpc) is 2.78. The van der Waals surface area contributed by atoms with Gasteiger partial charge in [0.05, 0.1) is 24.3 Å². The molecule has 0 fully saturated rings. The van der Waals surface area contributed by atoms with E-state index in [1.54, 1.807) is 0 Å². The number of halogens is 2. The van der Waals surface area contributed by atoms with Gasteiger partial charge in [-0.15, -0.1) is 0 Å². The van der Waals surface area contributed by atoms with E-state index in [1.165, 1.54) is 0 Å². The Morgan fingerprint density at radius 2 is 1.00 bits per heavy atom. The maximum absolute atomic E-state index is 9.46. The number of nitrogens with zero attached hydrogens (tertiary/aromatic N) is 2. The first kappa shape index (κ1) is 21.5. The summed E-state index contributed by atoms with van der Waals surface area (Å²) in [6, 6.07) is 23.5. The van der Waals surface area contributed by atoms with Crippen molar-refractivity contribution in [1.82, 2.24) is 0 Å². The van der Waals surface area contributed by atoms with Crippen molar-refractivity contribution in [3.63, 3.8) is 0 Å². The summed E-state index contributed by atoms with van der Waals surface area (Å²) in [5, 5.41) is 19.0. The van der Waals surface area contributed by atoms with E-state index in [0.717, 1.165) is 11.1 Å². The van der Waals surface area contributed by atoms with Crippen molar-refractivity contribution in [1.29, 1.82) is 10.5 Å². The molecule has 0 spiro atoms. The maximum atomic E-state index is 9.46. The molecule has 3 rings (SSSR count). The molecule has 0 aliphatic carbocycles. The lowest BCUT2D eigenvalue weighted by Gasteiger charge is -2.18. The van der Waals surface area contributed by atoms with Gasteiger partial charge in [0.1, 0.15) is 22.2 Å². The van der Waals surface area contributed by atoms with Crippen molar-refractivity contribution in [2.75, 3.05) is 13.2 Å². The molecule has 0 unspecified atom stereocenters. The highest BCUT2D eigenvalue weighted by Gasteiger charge is 2.25. The molecular formula is C24H18Cl2N2O2. The lowest BCUT2D eigenvalue weighted by Crippen LogP contribution is -2.08. The minimum atomic E-state index is -0.0192.